The van der Waals surface area contributed by atoms with Crippen molar-refractivity contribution in [3.05, 3.63) is 69.7 Å². The summed E-state index contributed by atoms with van der Waals surface area (Å²) in [5, 5.41) is 11.2. The molecule has 2 aromatic carbocycles. The number of aliphatic hydroxyl groups excluding tert-OH is 1. The Balaban J connectivity index is 1.91. The van der Waals surface area contributed by atoms with Gasteiger partial charge in [0.2, 0.25) is 0 Å². The second-order valence-corrected chi connectivity index (χ2v) is 7.62. The molecule has 1 aliphatic carbocycles. The van der Waals surface area contributed by atoms with Crippen LogP contribution in [0.4, 0.5) is 0 Å². The Morgan fingerprint density at radius 2 is 1.89 bits per heavy atom. The summed E-state index contributed by atoms with van der Waals surface area (Å²) in [6.45, 7) is 0. The third kappa shape index (κ3) is 2.42. The highest BCUT2D eigenvalue weighted by Gasteiger charge is 2.33. The molecular weight excluding hydrogens is 362 g/mol. The van der Waals surface area contributed by atoms with Crippen LogP contribution in [0.3, 0.4) is 0 Å². The van der Waals surface area contributed by atoms with Crippen molar-refractivity contribution in [1.29, 1.82) is 0 Å². The minimum Gasteiger partial charge on any atom is -0.393 e. The summed E-state index contributed by atoms with van der Waals surface area (Å²) < 4.78 is 3.68. The molecule has 2 aromatic heterocycles. The predicted molar refractivity (Wildman–Crippen MR) is 107 cm³/mol. The second-order valence-electron chi connectivity index (χ2n) is 7.19. The average molecular weight is 380 g/mol. The highest BCUT2D eigenvalue weighted by molar-refractivity contribution is 6.31. The molecule has 5 rings (SSSR count). The van der Waals surface area contributed by atoms with Gasteiger partial charge in [0.05, 0.1) is 17.1 Å². The van der Waals surface area contributed by atoms with Crippen LogP contribution in [0.5, 0.6) is 0 Å². The van der Waals surface area contributed by atoms with Gasteiger partial charge in [0, 0.05) is 29.1 Å². The van der Waals surface area contributed by atoms with Gasteiger partial charge in [0.25, 0.3) is 5.56 Å². The lowest BCUT2D eigenvalue weighted by atomic mass is 9.82. The number of benzene rings is 2. The van der Waals surface area contributed by atoms with Gasteiger partial charge in [-0.1, -0.05) is 29.8 Å². The van der Waals surface area contributed by atoms with Crippen molar-refractivity contribution in [1.82, 2.24) is 14.1 Å². The molecule has 27 heavy (non-hydrogen) atoms. The monoisotopic (exact) mass is 379 g/mol. The van der Waals surface area contributed by atoms with Crippen LogP contribution >= 0.6 is 11.6 Å². The number of aromatic nitrogens is 3. The fourth-order valence-corrected chi connectivity index (χ4v) is 4.24. The number of nitrogens with zero attached hydrogens (tertiary/aromatic N) is 3. The third-order valence-corrected chi connectivity index (χ3v) is 5.72. The zero-order valence-corrected chi connectivity index (χ0v) is 15.5. The molecule has 2 heterocycles. The summed E-state index contributed by atoms with van der Waals surface area (Å²) in [7, 11) is 1.94. The van der Waals surface area contributed by atoms with E-state index in [0.29, 0.717) is 23.4 Å². The molecule has 0 amide bonds. The largest absolute Gasteiger partial charge is 0.393 e. The Labute approximate surface area is 160 Å². The van der Waals surface area contributed by atoms with Gasteiger partial charge < -0.3 is 9.67 Å². The maximum absolute atomic E-state index is 13.4. The van der Waals surface area contributed by atoms with Crippen LogP contribution in [0.25, 0.3) is 27.6 Å². The fourth-order valence-electron chi connectivity index (χ4n) is 4.08. The molecule has 0 bridgehead atoms. The molecule has 1 saturated carbocycles. The molecule has 0 atom stereocenters. The van der Waals surface area contributed by atoms with E-state index in [1.807, 2.05) is 60.1 Å². The average Bonchev–Trinajstić information content (AvgIpc) is 2.98. The number of para-hydroxylation sites is 1. The van der Waals surface area contributed by atoms with E-state index in [4.69, 9.17) is 16.6 Å². The van der Waals surface area contributed by atoms with Gasteiger partial charge in [-0.3, -0.25) is 9.36 Å². The van der Waals surface area contributed by atoms with E-state index in [-0.39, 0.29) is 17.6 Å². The van der Waals surface area contributed by atoms with Crippen LogP contribution in [-0.4, -0.2) is 25.3 Å². The minimum atomic E-state index is -0.272. The van der Waals surface area contributed by atoms with Crippen molar-refractivity contribution >= 4 is 33.5 Å². The number of imidazole rings is 1. The van der Waals surface area contributed by atoms with Crippen molar-refractivity contribution in [2.24, 2.45) is 7.05 Å². The Bertz CT molecular complexity index is 1240. The van der Waals surface area contributed by atoms with Gasteiger partial charge in [0.15, 0.2) is 5.52 Å². The lowest BCUT2D eigenvalue weighted by Crippen LogP contribution is -2.28. The molecular formula is C21H18ClN3O2. The molecule has 0 unspecified atom stereocenters. The number of hydrogen-bond donors (Lipinski definition) is 1. The highest BCUT2D eigenvalue weighted by Crippen LogP contribution is 2.38. The van der Waals surface area contributed by atoms with E-state index in [0.717, 1.165) is 27.9 Å². The first-order valence-corrected chi connectivity index (χ1v) is 9.36. The molecule has 0 aliphatic heterocycles. The molecule has 0 saturated heterocycles. The number of pyridine rings is 1. The van der Waals surface area contributed by atoms with Crippen molar-refractivity contribution in [3.63, 3.8) is 0 Å². The van der Waals surface area contributed by atoms with Crippen LogP contribution in [0, 0.1) is 0 Å². The lowest BCUT2D eigenvalue weighted by molar-refractivity contribution is 0.0709. The molecule has 5 nitrogen and oxygen atoms in total. The Morgan fingerprint density at radius 3 is 2.59 bits per heavy atom. The number of aliphatic hydroxyl groups is 1. The maximum atomic E-state index is 13.4. The summed E-state index contributed by atoms with van der Waals surface area (Å²) in [6, 6.07) is 15.1. The van der Waals surface area contributed by atoms with Gasteiger partial charge in [-0.15, -0.1) is 0 Å². The number of fused-ring (bicyclic) bond motifs is 3. The number of hydrogen-bond acceptors (Lipinski definition) is 3. The lowest BCUT2D eigenvalue weighted by Gasteiger charge is -2.30. The standard InChI is InChI=1S/C21H18ClN3O2/c1-24-19-16-8-7-13(22)11-17(16)25(14-5-3-2-4-6-14)21(27)18(19)23-20(24)12-9-15(26)10-12/h2-8,11-12,15,26H,9-10H2,1H3. The van der Waals surface area contributed by atoms with Crippen LogP contribution < -0.4 is 5.56 Å². The number of aryl methyl sites for hydroxylation is 1. The molecule has 1 N–H and O–H groups in total. The first-order valence-electron chi connectivity index (χ1n) is 8.98. The van der Waals surface area contributed by atoms with E-state index in [9.17, 15) is 9.90 Å². The molecule has 4 aromatic rings. The summed E-state index contributed by atoms with van der Waals surface area (Å²) in [5.74, 6) is 1.04. The van der Waals surface area contributed by atoms with Gasteiger partial charge >= 0.3 is 0 Å². The van der Waals surface area contributed by atoms with E-state index in [1.54, 1.807) is 4.57 Å². The SMILES string of the molecule is Cn1c(C2CC(O)C2)nc2c(=O)n(-c3ccccc3)c3cc(Cl)ccc3c21. The van der Waals surface area contributed by atoms with Crippen molar-refractivity contribution in [2.75, 3.05) is 0 Å². The van der Waals surface area contributed by atoms with Crippen molar-refractivity contribution < 1.29 is 5.11 Å². The van der Waals surface area contributed by atoms with E-state index < -0.39 is 0 Å². The van der Waals surface area contributed by atoms with E-state index in [1.165, 1.54) is 0 Å². The Hall–Kier alpha value is -2.63. The second kappa shape index (κ2) is 5.94. The van der Waals surface area contributed by atoms with E-state index in [2.05, 4.69) is 0 Å². The molecule has 0 spiro atoms. The van der Waals surface area contributed by atoms with Gasteiger partial charge in [-0.05, 0) is 43.2 Å². The van der Waals surface area contributed by atoms with Crippen LogP contribution in [0.15, 0.2) is 53.3 Å². The molecule has 1 fully saturated rings. The predicted octanol–water partition coefficient (Wildman–Crippen LogP) is 3.77. The normalized spacial score (nSPS) is 19.5. The summed E-state index contributed by atoms with van der Waals surface area (Å²) in [6.07, 6.45) is 1.10. The Morgan fingerprint density at radius 1 is 1.15 bits per heavy atom. The minimum absolute atomic E-state index is 0.160. The van der Waals surface area contributed by atoms with Gasteiger partial charge in [-0.2, -0.15) is 0 Å². The summed E-state index contributed by atoms with van der Waals surface area (Å²) >= 11 is 6.26. The van der Waals surface area contributed by atoms with Crippen LogP contribution in [0.1, 0.15) is 24.6 Å². The maximum Gasteiger partial charge on any atom is 0.283 e. The summed E-state index contributed by atoms with van der Waals surface area (Å²) in [4.78, 5) is 18.1. The number of halogens is 1. The first kappa shape index (κ1) is 16.5. The van der Waals surface area contributed by atoms with Gasteiger partial charge in [-0.25, -0.2) is 4.98 Å². The van der Waals surface area contributed by atoms with E-state index >= 15 is 0 Å². The van der Waals surface area contributed by atoms with Crippen molar-refractivity contribution in [2.45, 2.75) is 24.9 Å². The fraction of sp³-hybridized carbons (Fsp3) is 0.238. The highest BCUT2D eigenvalue weighted by atomic mass is 35.5. The zero-order chi connectivity index (χ0) is 18.7. The third-order valence-electron chi connectivity index (χ3n) is 5.48. The zero-order valence-electron chi connectivity index (χ0n) is 14.8. The molecule has 136 valence electrons. The van der Waals surface area contributed by atoms with Gasteiger partial charge in [0.1, 0.15) is 5.82 Å². The number of rotatable bonds is 2. The first-order chi connectivity index (χ1) is 13.0. The summed E-state index contributed by atoms with van der Waals surface area (Å²) in [5.41, 5.74) is 2.65. The van der Waals surface area contributed by atoms with Crippen molar-refractivity contribution in [3.8, 4) is 5.69 Å². The smallest absolute Gasteiger partial charge is 0.283 e. The molecule has 0 radical (unpaired) electrons. The molecule has 1 aliphatic rings. The quantitative estimate of drug-likeness (QED) is 0.576. The topological polar surface area (TPSA) is 60.0 Å². The van der Waals surface area contributed by atoms with Crippen LogP contribution in [-0.2, 0) is 7.05 Å². The van der Waals surface area contributed by atoms with Crippen LogP contribution in [0.2, 0.25) is 5.02 Å². The molecule has 6 heteroatoms. The Kier molecular flexibility index (Phi) is 3.64.